The van der Waals surface area contributed by atoms with E-state index < -0.39 is 0 Å². The van der Waals surface area contributed by atoms with E-state index in [-0.39, 0.29) is 11.8 Å². The summed E-state index contributed by atoms with van der Waals surface area (Å²) in [4.78, 5) is 28.8. The quantitative estimate of drug-likeness (QED) is 0.758. The predicted octanol–water partition coefficient (Wildman–Crippen LogP) is 5.16. The second-order valence-electron chi connectivity index (χ2n) is 8.06. The van der Waals surface area contributed by atoms with Gasteiger partial charge in [-0.25, -0.2) is 0 Å². The van der Waals surface area contributed by atoms with E-state index in [1.165, 1.54) is 36.1 Å². The number of nitrogens with zero attached hydrogens (tertiary/aromatic N) is 1. The lowest BCUT2D eigenvalue weighted by Gasteiger charge is -2.28. The molecule has 0 atom stereocenters. The van der Waals surface area contributed by atoms with Crippen molar-refractivity contribution in [2.45, 2.75) is 58.4 Å². The van der Waals surface area contributed by atoms with Gasteiger partial charge in [-0.15, -0.1) is 11.3 Å². The maximum absolute atomic E-state index is 13.1. The lowest BCUT2D eigenvalue weighted by molar-refractivity contribution is -0.116. The molecular weight excluding hydrogens is 368 g/mol. The van der Waals surface area contributed by atoms with E-state index in [0.717, 1.165) is 30.6 Å². The first-order valence-corrected chi connectivity index (χ1v) is 11.2. The minimum atomic E-state index is 0.0522. The van der Waals surface area contributed by atoms with E-state index in [2.05, 4.69) is 16.8 Å². The molecule has 0 unspecified atom stereocenters. The van der Waals surface area contributed by atoms with Gasteiger partial charge >= 0.3 is 0 Å². The largest absolute Gasteiger partial charge is 0.334 e. The predicted molar refractivity (Wildman–Crippen MR) is 114 cm³/mol. The molecule has 2 aliphatic rings. The molecule has 4 rings (SSSR count). The third-order valence-electron chi connectivity index (χ3n) is 6.19. The monoisotopic (exact) mass is 396 g/mol. The number of hydrogen-bond donors (Lipinski definition) is 1. The van der Waals surface area contributed by atoms with Gasteiger partial charge in [-0.2, -0.15) is 0 Å². The van der Waals surface area contributed by atoms with Crippen LogP contribution in [-0.4, -0.2) is 23.3 Å². The maximum Gasteiger partial charge on any atom is 0.254 e. The van der Waals surface area contributed by atoms with Crippen molar-refractivity contribution in [1.82, 2.24) is 4.90 Å². The zero-order valence-electron chi connectivity index (χ0n) is 16.5. The molecule has 1 aliphatic carbocycles. The van der Waals surface area contributed by atoms with Gasteiger partial charge in [-0.1, -0.05) is 31.7 Å². The molecule has 0 saturated heterocycles. The highest BCUT2D eigenvalue weighted by molar-refractivity contribution is 7.10. The summed E-state index contributed by atoms with van der Waals surface area (Å²) in [5, 5.41) is 5.14. The Hall–Kier alpha value is -2.14. The van der Waals surface area contributed by atoms with E-state index in [1.807, 2.05) is 30.0 Å². The van der Waals surface area contributed by atoms with Crippen molar-refractivity contribution in [3.63, 3.8) is 0 Å². The number of nitrogens with one attached hydrogen (secondary N) is 1. The number of anilines is 1. The lowest BCUT2D eigenvalue weighted by Crippen LogP contribution is -2.35. The fourth-order valence-corrected chi connectivity index (χ4v) is 5.33. The Labute approximate surface area is 170 Å². The molecule has 0 spiro atoms. The van der Waals surface area contributed by atoms with Gasteiger partial charge < -0.3 is 10.2 Å². The van der Waals surface area contributed by atoms with Crippen molar-refractivity contribution in [3.8, 4) is 0 Å². The average Bonchev–Trinajstić information content (AvgIpc) is 3.38. The molecule has 28 heavy (non-hydrogen) atoms. The van der Waals surface area contributed by atoms with E-state index >= 15 is 0 Å². The summed E-state index contributed by atoms with van der Waals surface area (Å²) in [6, 6.07) is 7.75. The zero-order chi connectivity index (χ0) is 19.5. The van der Waals surface area contributed by atoms with E-state index in [9.17, 15) is 9.59 Å². The van der Waals surface area contributed by atoms with Gasteiger partial charge in [-0.3, -0.25) is 9.59 Å². The van der Waals surface area contributed by atoms with Gasteiger partial charge in [0.2, 0.25) is 5.91 Å². The first-order valence-electron chi connectivity index (χ1n) is 10.4. The van der Waals surface area contributed by atoms with E-state index in [4.69, 9.17) is 0 Å². The number of hydrogen-bond acceptors (Lipinski definition) is 3. The molecule has 1 fully saturated rings. The lowest BCUT2D eigenvalue weighted by atomic mass is 10.0. The molecule has 1 N–H and O–H groups in total. The van der Waals surface area contributed by atoms with Crippen LogP contribution in [0.1, 0.15) is 64.9 Å². The first kappa shape index (κ1) is 19.2. The Kier molecular flexibility index (Phi) is 5.81. The third-order valence-corrected chi connectivity index (χ3v) is 7.21. The normalized spacial score (nSPS) is 16.8. The molecule has 2 amide bonds. The molecule has 1 aliphatic heterocycles. The van der Waals surface area contributed by atoms with Crippen LogP contribution in [0.2, 0.25) is 0 Å². The van der Waals surface area contributed by atoms with Crippen LogP contribution in [0, 0.1) is 12.8 Å². The molecule has 2 heterocycles. The van der Waals surface area contributed by atoms with Gasteiger partial charge in [0.25, 0.3) is 5.91 Å². The van der Waals surface area contributed by atoms with Crippen LogP contribution in [0.3, 0.4) is 0 Å². The smallest absolute Gasteiger partial charge is 0.254 e. The molecular formula is C23H28N2O2S. The highest BCUT2D eigenvalue weighted by Crippen LogP contribution is 2.29. The average molecular weight is 397 g/mol. The number of thiophene rings is 1. The Morgan fingerprint density at radius 1 is 1.21 bits per heavy atom. The summed E-state index contributed by atoms with van der Waals surface area (Å²) in [6.07, 6.45) is 7.60. The summed E-state index contributed by atoms with van der Waals surface area (Å²) in [5.74, 6) is 0.817. The minimum absolute atomic E-state index is 0.0522. The zero-order valence-corrected chi connectivity index (χ0v) is 17.3. The fourth-order valence-electron chi connectivity index (χ4n) is 4.44. The fraction of sp³-hybridized carbons (Fsp3) is 0.478. The Balaban J connectivity index is 1.41. The van der Waals surface area contributed by atoms with Crippen LogP contribution in [0.15, 0.2) is 29.6 Å². The first-order chi connectivity index (χ1) is 13.6. The molecule has 1 aromatic heterocycles. The number of carbonyl (C=O) groups excluding carboxylic acids is 2. The Morgan fingerprint density at radius 3 is 2.86 bits per heavy atom. The van der Waals surface area contributed by atoms with Crippen LogP contribution in [-0.2, 0) is 17.8 Å². The number of benzene rings is 1. The third kappa shape index (κ3) is 4.14. The SMILES string of the molecule is Cc1c(NC(=O)CCC2CCCC2)cccc1C(=O)N1CCc2sccc2C1. The standard InChI is InChI=1S/C23H28N2O2S/c1-16-19(23(27)25-13-11-21-18(15-25)12-14-28-21)7-4-8-20(16)24-22(26)10-9-17-5-2-3-6-17/h4,7-8,12,14,17H,2-3,5-6,9-11,13,15H2,1H3,(H,24,26). The Bertz CT molecular complexity index is 867. The van der Waals surface area contributed by atoms with Crippen molar-refractivity contribution in [1.29, 1.82) is 0 Å². The number of carbonyl (C=O) groups is 2. The maximum atomic E-state index is 13.1. The van der Waals surface area contributed by atoms with Gasteiger partial charge in [0.05, 0.1) is 0 Å². The topological polar surface area (TPSA) is 49.4 Å². The van der Waals surface area contributed by atoms with Crippen molar-refractivity contribution < 1.29 is 9.59 Å². The molecule has 5 heteroatoms. The molecule has 2 aromatic rings. The molecule has 0 radical (unpaired) electrons. The van der Waals surface area contributed by atoms with Crippen molar-refractivity contribution in [2.24, 2.45) is 5.92 Å². The number of amides is 2. The highest BCUT2D eigenvalue weighted by Gasteiger charge is 2.24. The van der Waals surface area contributed by atoms with Crippen molar-refractivity contribution in [2.75, 3.05) is 11.9 Å². The van der Waals surface area contributed by atoms with Crippen molar-refractivity contribution >= 4 is 28.8 Å². The van der Waals surface area contributed by atoms with Gasteiger partial charge in [-0.05, 0) is 60.4 Å². The highest BCUT2D eigenvalue weighted by atomic mass is 32.1. The van der Waals surface area contributed by atoms with Crippen LogP contribution in [0.25, 0.3) is 0 Å². The van der Waals surface area contributed by atoms with E-state index in [1.54, 1.807) is 11.3 Å². The van der Waals surface area contributed by atoms with Crippen LogP contribution >= 0.6 is 11.3 Å². The van der Waals surface area contributed by atoms with Gasteiger partial charge in [0.1, 0.15) is 0 Å². The van der Waals surface area contributed by atoms with Gasteiger partial charge in [0.15, 0.2) is 0 Å². The molecule has 148 valence electrons. The second-order valence-corrected chi connectivity index (χ2v) is 9.06. The summed E-state index contributed by atoms with van der Waals surface area (Å²) in [6.45, 7) is 3.36. The number of fused-ring (bicyclic) bond motifs is 1. The number of rotatable bonds is 5. The summed E-state index contributed by atoms with van der Waals surface area (Å²) < 4.78 is 0. The molecule has 1 saturated carbocycles. The van der Waals surface area contributed by atoms with Crippen LogP contribution < -0.4 is 5.32 Å². The molecule has 1 aromatic carbocycles. The van der Waals surface area contributed by atoms with Crippen LogP contribution in [0.5, 0.6) is 0 Å². The second kappa shape index (κ2) is 8.48. The summed E-state index contributed by atoms with van der Waals surface area (Å²) in [7, 11) is 0. The van der Waals surface area contributed by atoms with Gasteiger partial charge in [0, 0.05) is 35.6 Å². The summed E-state index contributed by atoms with van der Waals surface area (Å²) >= 11 is 1.78. The summed E-state index contributed by atoms with van der Waals surface area (Å²) in [5.41, 5.74) is 3.57. The van der Waals surface area contributed by atoms with E-state index in [0.29, 0.717) is 24.4 Å². The van der Waals surface area contributed by atoms with Crippen LogP contribution in [0.4, 0.5) is 5.69 Å². The molecule has 4 nitrogen and oxygen atoms in total. The minimum Gasteiger partial charge on any atom is -0.334 e. The Morgan fingerprint density at radius 2 is 2.04 bits per heavy atom. The molecule has 0 bridgehead atoms. The van der Waals surface area contributed by atoms with Crippen molar-refractivity contribution in [3.05, 3.63) is 51.2 Å².